The number of aromatic carboxylic acids is 1. The molecule has 0 amide bonds. The van der Waals surface area contributed by atoms with E-state index in [1.54, 1.807) is 13.8 Å². The highest BCUT2D eigenvalue weighted by Crippen LogP contribution is 2.21. The fourth-order valence-electron chi connectivity index (χ4n) is 1.66. The van der Waals surface area contributed by atoms with Crippen LogP contribution in [0.3, 0.4) is 0 Å². The molecule has 0 radical (unpaired) electrons. The van der Waals surface area contributed by atoms with Gasteiger partial charge in [-0.1, -0.05) is 6.07 Å². The molecule has 0 spiro atoms. The molecule has 6 heteroatoms. The van der Waals surface area contributed by atoms with Crippen LogP contribution in [0.1, 0.15) is 27.7 Å². The van der Waals surface area contributed by atoms with Gasteiger partial charge >= 0.3 is 5.97 Å². The lowest BCUT2D eigenvalue weighted by Crippen LogP contribution is -2.08. The van der Waals surface area contributed by atoms with Crippen molar-refractivity contribution in [3.05, 3.63) is 46.9 Å². The summed E-state index contributed by atoms with van der Waals surface area (Å²) in [6.45, 7) is 3.70. The molecule has 2 N–H and O–H groups in total. The third kappa shape index (κ3) is 2.73. The lowest BCUT2D eigenvalue weighted by Gasteiger charge is -2.08. The number of hydrogen-bond donors (Lipinski definition) is 2. The number of anilines is 1. The van der Waals surface area contributed by atoms with E-state index in [0.717, 1.165) is 5.69 Å². The van der Waals surface area contributed by atoms with Crippen LogP contribution < -0.4 is 5.32 Å². The maximum Gasteiger partial charge on any atom is 0.337 e. The fourth-order valence-corrected chi connectivity index (χ4v) is 1.66. The van der Waals surface area contributed by atoms with Crippen LogP contribution in [0.15, 0.2) is 22.6 Å². The Labute approximate surface area is 109 Å². The predicted molar refractivity (Wildman–Crippen MR) is 66.7 cm³/mol. The summed E-state index contributed by atoms with van der Waals surface area (Å²) < 4.78 is 19.0. The normalized spacial score (nSPS) is 10.5. The smallest absolute Gasteiger partial charge is 0.337 e. The minimum absolute atomic E-state index is 0.0662. The first-order valence-electron chi connectivity index (χ1n) is 5.67. The number of carboxylic acids is 1. The first kappa shape index (κ1) is 13.1. The van der Waals surface area contributed by atoms with E-state index in [1.807, 2.05) is 0 Å². The number of aryl methyl sites for hydroxylation is 2. The molecule has 0 saturated carbocycles. The molecule has 0 fully saturated rings. The van der Waals surface area contributed by atoms with Crippen LogP contribution in [-0.2, 0) is 6.54 Å². The van der Waals surface area contributed by atoms with Crippen molar-refractivity contribution in [3.63, 3.8) is 0 Å². The average Bonchev–Trinajstić information content (AvgIpc) is 2.67. The molecule has 0 atom stereocenters. The minimum Gasteiger partial charge on any atom is -0.478 e. The van der Waals surface area contributed by atoms with E-state index in [9.17, 15) is 9.18 Å². The Morgan fingerprint density at radius 1 is 1.47 bits per heavy atom. The van der Waals surface area contributed by atoms with Crippen LogP contribution in [0.5, 0.6) is 0 Å². The van der Waals surface area contributed by atoms with Crippen LogP contribution in [0.4, 0.5) is 10.1 Å². The monoisotopic (exact) mass is 264 g/mol. The largest absolute Gasteiger partial charge is 0.478 e. The Kier molecular flexibility index (Phi) is 3.50. The lowest BCUT2D eigenvalue weighted by atomic mass is 10.1. The van der Waals surface area contributed by atoms with Crippen molar-refractivity contribution in [2.75, 3.05) is 5.32 Å². The van der Waals surface area contributed by atoms with Crippen LogP contribution in [-0.4, -0.2) is 16.1 Å². The van der Waals surface area contributed by atoms with Gasteiger partial charge in [0.2, 0.25) is 5.89 Å². The van der Waals surface area contributed by atoms with E-state index in [1.165, 1.54) is 18.2 Å². The average molecular weight is 264 g/mol. The number of carbonyl (C=O) groups is 1. The van der Waals surface area contributed by atoms with Crippen LogP contribution in [0.25, 0.3) is 0 Å². The van der Waals surface area contributed by atoms with Crippen molar-refractivity contribution in [2.24, 2.45) is 0 Å². The number of benzene rings is 1. The Morgan fingerprint density at radius 2 is 2.21 bits per heavy atom. The Balaban J connectivity index is 2.21. The summed E-state index contributed by atoms with van der Waals surface area (Å²) in [5, 5.41) is 11.7. The van der Waals surface area contributed by atoms with Crippen molar-refractivity contribution in [2.45, 2.75) is 20.4 Å². The number of nitrogens with zero attached hydrogens (tertiary/aromatic N) is 1. The van der Waals surface area contributed by atoms with E-state index >= 15 is 0 Å². The Bertz CT molecular complexity index is 603. The summed E-state index contributed by atoms with van der Waals surface area (Å²) in [6, 6.07) is 3.88. The van der Waals surface area contributed by atoms with Gasteiger partial charge in [-0.2, -0.15) is 0 Å². The number of para-hydroxylation sites is 1. The number of oxazole rings is 1. The molecule has 1 aromatic carbocycles. The summed E-state index contributed by atoms with van der Waals surface area (Å²) in [5.74, 6) is -0.750. The van der Waals surface area contributed by atoms with Gasteiger partial charge in [0.15, 0.2) is 0 Å². The van der Waals surface area contributed by atoms with Gasteiger partial charge < -0.3 is 14.8 Å². The first-order valence-corrected chi connectivity index (χ1v) is 5.67. The van der Waals surface area contributed by atoms with Gasteiger partial charge in [0.05, 0.1) is 23.5 Å². The highest BCUT2D eigenvalue weighted by atomic mass is 19.1. The number of hydrogen-bond acceptors (Lipinski definition) is 4. The van der Waals surface area contributed by atoms with Crippen LogP contribution >= 0.6 is 0 Å². The number of nitrogens with one attached hydrogen (secondary N) is 1. The lowest BCUT2D eigenvalue weighted by molar-refractivity contribution is 0.0697. The van der Waals surface area contributed by atoms with Gasteiger partial charge in [-0.25, -0.2) is 14.2 Å². The maximum absolute atomic E-state index is 13.6. The quantitative estimate of drug-likeness (QED) is 0.888. The molecule has 0 saturated heterocycles. The summed E-state index contributed by atoms with van der Waals surface area (Å²) in [6.07, 6.45) is 0. The van der Waals surface area contributed by atoms with Gasteiger partial charge in [0.25, 0.3) is 0 Å². The van der Waals surface area contributed by atoms with E-state index in [4.69, 9.17) is 9.52 Å². The van der Waals surface area contributed by atoms with Crippen LogP contribution in [0.2, 0.25) is 0 Å². The zero-order valence-corrected chi connectivity index (χ0v) is 10.5. The molecule has 0 aliphatic rings. The number of aromatic nitrogens is 1. The topological polar surface area (TPSA) is 75.4 Å². The first-order chi connectivity index (χ1) is 8.99. The summed E-state index contributed by atoms with van der Waals surface area (Å²) >= 11 is 0. The van der Waals surface area contributed by atoms with Gasteiger partial charge in [0, 0.05) is 0 Å². The molecule has 5 nitrogen and oxygen atoms in total. The Hall–Kier alpha value is -2.37. The molecule has 100 valence electrons. The number of carboxylic acid groups (broad SMARTS) is 1. The number of halogens is 1. The van der Waals surface area contributed by atoms with Crippen molar-refractivity contribution >= 4 is 11.7 Å². The van der Waals surface area contributed by atoms with Crippen molar-refractivity contribution in [1.82, 2.24) is 4.98 Å². The second-order valence-corrected chi connectivity index (χ2v) is 4.07. The van der Waals surface area contributed by atoms with E-state index in [-0.39, 0.29) is 17.8 Å². The van der Waals surface area contributed by atoms with E-state index < -0.39 is 11.8 Å². The summed E-state index contributed by atoms with van der Waals surface area (Å²) in [4.78, 5) is 15.1. The summed E-state index contributed by atoms with van der Waals surface area (Å²) in [7, 11) is 0. The van der Waals surface area contributed by atoms with E-state index in [2.05, 4.69) is 10.3 Å². The molecule has 0 aliphatic heterocycles. The maximum atomic E-state index is 13.6. The highest BCUT2D eigenvalue weighted by molar-refractivity contribution is 5.94. The third-order valence-corrected chi connectivity index (χ3v) is 2.73. The van der Waals surface area contributed by atoms with E-state index in [0.29, 0.717) is 11.7 Å². The van der Waals surface area contributed by atoms with Gasteiger partial charge in [-0.3, -0.25) is 0 Å². The van der Waals surface area contributed by atoms with Crippen molar-refractivity contribution in [1.29, 1.82) is 0 Å². The molecular weight excluding hydrogens is 251 g/mol. The zero-order chi connectivity index (χ0) is 14.0. The fraction of sp³-hybridized carbons (Fsp3) is 0.231. The molecule has 1 aromatic heterocycles. The number of rotatable bonds is 4. The minimum atomic E-state index is -1.19. The molecule has 2 aromatic rings. The second kappa shape index (κ2) is 5.09. The van der Waals surface area contributed by atoms with Crippen molar-refractivity contribution < 1.29 is 18.7 Å². The molecule has 0 unspecified atom stereocenters. The van der Waals surface area contributed by atoms with Gasteiger partial charge in [-0.05, 0) is 26.0 Å². The van der Waals surface area contributed by atoms with Crippen LogP contribution in [0, 0.1) is 19.7 Å². The summed E-state index contributed by atoms with van der Waals surface area (Å²) in [5.41, 5.74) is 0.562. The Morgan fingerprint density at radius 3 is 2.79 bits per heavy atom. The molecular formula is C13H13FN2O3. The predicted octanol–water partition coefficient (Wildman–Crippen LogP) is 2.74. The SMILES string of the molecule is Cc1nc(CNc2c(F)cccc2C(=O)O)oc1C. The molecule has 0 bridgehead atoms. The molecule has 19 heavy (non-hydrogen) atoms. The van der Waals surface area contributed by atoms with Gasteiger partial charge in [0.1, 0.15) is 11.6 Å². The molecule has 1 heterocycles. The third-order valence-electron chi connectivity index (χ3n) is 2.73. The van der Waals surface area contributed by atoms with Crippen molar-refractivity contribution in [3.8, 4) is 0 Å². The highest BCUT2D eigenvalue weighted by Gasteiger charge is 2.15. The standard InChI is InChI=1S/C13H13FN2O3/c1-7-8(2)19-11(16-7)6-15-12-9(13(17)18)4-3-5-10(12)14/h3-5,15H,6H2,1-2H3,(H,17,18). The second-order valence-electron chi connectivity index (χ2n) is 4.07. The van der Waals surface area contributed by atoms with Gasteiger partial charge in [-0.15, -0.1) is 0 Å². The molecule has 2 rings (SSSR count). The zero-order valence-electron chi connectivity index (χ0n) is 10.5. The molecule has 0 aliphatic carbocycles.